The average molecular weight is 715 g/mol. The molecule has 3 aliphatic rings. The first kappa shape index (κ1) is 31.5. The van der Waals surface area contributed by atoms with Gasteiger partial charge in [0.1, 0.15) is 0 Å². The standard InChI is InChI=1S/C54H38N2/c1-2-12-35(13-3-1)36-22-26-39(27-23-36)55-51-20-10-8-18-46(51)49-32-37(24-30-53(49)55)38-25-31-54-50(33-38)47-19-9-11-21-52(47)56(54)40-28-29-45-43-16-5-4-14-41(43)42-15-6-7-17-44(42)48(45)34-40/h1-28,30-34,42,44-45H,29H2. The van der Waals surface area contributed by atoms with E-state index in [1.807, 2.05) is 0 Å². The van der Waals surface area contributed by atoms with E-state index in [2.05, 4.69) is 209 Å². The number of benzene rings is 7. The van der Waals surface area contributed by atoms with Crippen LogP contribution in [0.2, 0.25) is 0 Å². The second-order valence-corrected chi connectivity index (χ2v) is 15.6. The predicted octanol–water partition coefficient (Wildman–Crippen LogP) is 14.0. The summed E-state index contributed by atoms with van der Waals surface area (Å²) in [7, 11) is 0. The zero-order valence-corrected chi connectivity index (χ0v) is 30.9. The van der Waals surface area contributed by atoms with Crippen molar-refractivity contribution >= 4 is 49.3 Å². The Hall–Kier alpha value is -6.90. The molecule has 0 spiro atoms. The van der Waals surface area contributed by atoms with Crippen LogP contribution in [0.4, 0.5) is 0 Å². The minimum absolute atomic E-state index is 0.387. The van der Waals surface area contributed by atoms with Gasteiger partial charge in [-0.25, -0.2) is 0 Å². The molecule has 2 aromatic heterocycles. The molecule has 56 heavy (non-hydrogen) atoms. The number of rotatable bonds is 4. The molecule has 9 aromatic rings. The summed E-state index contributed by atoms with van der Waals surface area (Å²) in [4.78, 5) is 0. The van der Waals surface area contributed by atoms with E-state index in [0.29, 0.717) is 17.8 Å². The Morgan fingerprint density at radius 2 is 0.946 bits per heavy atom. The SMILES string of the molecule is C1=CC2C3=CC(n4c5ccccc5c5cc(-c6ccc7c(c6)c6ccccc6n7-c6ccc(-c7ccccc7)cc6)ccc54)=CCC3c3ccccc3C2C=C1. The van der Waals surface area contributed by atoms with Gasteiger partial charge in [-0.05, 0) is 94.4 Å². The predicted molar refractivity (Wildman–Crippen MR) is 235 cm³/mol. The van der Waals surface area contributed by atoms with E-state index >= 15 is 0 Å². The fraction of sp³-hybridized carbons (Fsp3) is 0.0741. The maximum atomic E-state index is 2.52. The van der Waals surface area contributed by atoms with Crippen LogP contribution in [0.5, 0.6) is 0 Å². The lowest BCUT2D eigenvalue weighted by atomic mass is 9.64. The lowest BCUT2D eigenvalue weighted by molar-refractivity contribution is 0.551. The van der Waals surface area contributed by atoms with E-state index < -0.39 is 0 Å². The fourth-order valence-corrected chi connectivity index (χ4v) is 10.1. The van der Waals surface area contributed by atoms with Crippen LogP contribution in [-0.2, 0) is 0 Å². The summed E-state index contributed by atoms with van der Waals surface area (Å²) in [6.07, 6.45) is 15.3. The molecule has 0 amide bonds. The molecule has 0 fully saturated rings. The van der Waals surface area contributed by atoms with Crippen LogP contribution in [-0.4, -0.2) is 9.13 Å². The van der Waals surface area contributed by atoms with Gasteiger partial charge in [0, 0.05) is 50.7 Å². The first-order valence-corrected chi connectivity index (χ1v) is 19.9. The number of aromatic nitrogens is 2. The highest BCUT2D eigenvalue weighted by Gasteiger charge is 2.38. The highest BCUT2D eigenvalue weighted by molar-refractivity contribution is 6.13. The Labute approximate surface area is 326 Å². The van der Waals surface area contributed by atoms with E-state index in [-0.39, 0.29) is 0 Å². The van der Waals surface area contributed by atoms with E-state index in [0.717, 1.165) is 6.42 Å². The first-order chi connectivity index (χ1) is 27.8. The maximum Gasteiger partial charge on any atom is 0.0541 e. The molecule has 0 bridgehead atoms. The zero-order chi connectivity index (χ0) is 36.7. The van der Waals surface area contributed by atoms with Crippen LogP contribution in [0.3, 0.4) is 0 Å². The highest BCUT2D eigenvalue weighted by atomic mass is 15.0. The summed E-state index contributed by atoms with van der Waals surface area (Å²) in [5, 5.41) is 5.10. The van der Waals surface area contributed by atoms with Crippen molar-refractivity contribution in [2.45, 2.75) is 18.3 Å². The minimum atomic E-state index is 0.387. The second kappa shape index (κ2) is 12.3. The molecule has 3 aliphatic carbocycles. The number of fused-ring (bicyclic) bond motifs is 12. The van der Waals surface area contributed by atoms with Crippen LogP contribution in [0, 0.1) is 5.92 Å². The van der Waals surface area contributed by atoms with Crippen molar-refractivity contribution in [2.75, 3.05) is 0 Å². The third-order valence-corrected chi connectivity index (χ3v) is 12.7. The van der Waals surface area contributed by atoms with Gasteiger partial charge in [-0.2, -0.15) is 0 Å². The van der Waals surface area contributed by atoms with Crippen LogP contribution >= 0.6 is 0 Å². The monoisotopic (exact) mass is 714 g/mol. The maximum absolute atomic E-state index is 2.52. The summed E-state index contributed by atoms with van der Waals surface area (Å²) >= 11 is 0. The van der Waals surface area contributed by atoms with E-state index in [9.17, 15) is 0 Å². The van der Waals surface area contributed by atoms with Gasteiger partial charge in [0.15, 0.2) is 0 Å². The van der Waals surface area contributed by atoms with E-state index in [1.54, 1.807) is 0 Å². The van der Waals surface area contributed by atoms with Crippen molar-refractivity contribution in [2.24, 2.45) is 5.92 Å². The molecule has 2 heteroatoms. The van der Waals surface area contributed by atoms with Crippen molar-refractivity contribution in [3.63, 3.8) is 0 Å². The summed E-state index contributed by atoms with van der Waals surface area (Å²) in [5.41, 5.74) is 16.8. The third-order valence-electron chi connectivity index (χ3n) is 12.7. The molecular weight excluding hydrogens is 677 g/mol. The number of para-hydroxylation sites is 2. The largest absolute Gasteiger partial charge is 0.310 e. The number of hydrogen-bond acceptors (Lipinski definition) is 0. The normalized spacial score (nSPS) is 18.5. The van der Waals surface area contributed by atoms with Gasteiger partial charge in [-0.1, -0.05) is 151 Å². The molecular formula is C54H38N2. The summed E-state index contributed by atoms with van der Waals surface area (Å²) in [6.45, 7) is 0. The number of nitrogens with zero attached hydrogens (tertiary/aromatic N) is 2. The molecule has 2 nitrogen and oxygen atoms in total. The molecule has 0 saturated heterocycles. The van der Waals surface area contributed by atoms with Gasteiger partial charge < -0.3 is 9.13 Å². The summed E-state index contributed by atoms with van der Waals surface area (Å²) in [6, 6.07) is 60.5. The van der Waals surface area contributed by atoms with Crippen LogP contribution in [0.15, 0.2) is 206 Å². The van der Waals surface area contributed by atoms with Gasteiger partial charge in [-0.3, -0.25) is 0 Å². The smallest absolute Gasteiger partial charge is 0.0541 e. The molecule has 3 atom stereocenters. The number of hydrogen-bond donors (Lipinski definition) is 0. The fourth-order valence-electron chi connectivity index (χ4n) is 10.1. The van der Waals surface area contributed by atoms with E-state index in [1.165, 1.54) is 93.9 Å². The lowest BCUT2D eigenvalue weighted by Gasteiger charge is -2.40. The van der Waals surface area contributed by atoms with Crippen molar-refractivity contribution in [1.82, 2.24) is 9.13 Å². The van der Waals surface area contributed by atoms with Gasteiger partial charge >= 0.3 is 0 Å². The third kappa shape index (κ3) is 4.69. The van der Waals surface area contributed by atoms with Crippen molar-refractivity contribution in [1.29, 1.82) is 0 Å². The lowest BCUT2D eigenvalue weighted by Crippen LogP contribution is -2.27. The Bertz CT molecular complexity index is 3160. The quantitative estimate of drug-likeness (QED) is 0.172. The molecule has 7 aromatic carbocycles. The van der Waals surface area contributed by atoms with Crippen LogP contribution < -0.4 is 0 Å². The Balaban J connectivity index is 0.965. The van der Waals surface area contributed by atoms with Crippen LogP contribution in [0.25, 0.3) is 77.2 Å². The van der Waals surface area contributed by atoms with Gasteiger partial charge in [0.05, 0.1) is 22.1 Å². The van der Waals surface area contributed by atoms with Crippen molar-refractivity contribution in [3.05, 3.63) is 217 Å². The second-order valence-electron chi connectivity index (χ2n) is 15.6. The minimum Gasteiger partial charge on any atom is -0.310 e. The molecule has 2 heterocycles. The molecule has 3 unspecified atom stereocenters. The molecule has 0 radical (unpaired) electrons. The van der Waals surface area contributed by atoms with Gasteiger partial charge in [-0.15, -0.1) is 0 Å². The number of allylic oxidation sites excluding steroid dienone is 8. The summed E-state index contributed by atoms with van der Waals surface area (Å²) < 4.78 is 4.92. The summed E-state index contributed by atoms with van der Waals surface area (Å²) in [5.74, 6) is 1.20. The molecule has 0 aliphatic heterocycles. The topological polar surface area (TPSA) is 9.86 Å². The molecule has 12 rings (SSSR count). The Morgan fingerprint density at radius 1 is 0.411 bits per heavy atom. The van der Waals surface area contributed by atoms with E-state index in [4.69, 9.17) is 0 Å². The highest BCUT2D eigenvalue weighted by Crippen LogP contribution is 2.52. The van der Waals surface area contributed by atoms with Gasteiger partial charge in [0.25, 0.3) is 0 Å². The molecule has 0 saturated carbocycles. The molecule has 0 N–H and O–H groups in total. The zero-order valence-electron chi connectivity index (χ0n) is 30.9. The van der Waals surface area contributed by atoms with Gasteiger partial charge in [0.2, 0.25) is 0 Å². The average Bonchev–Trinajstić information content (AvgIpc) is 3.79. The van der Waals surface area contributed by atoms with Crippen LogP contribution in [0.1, 0.15) is 29.4 Å². The molecule has 264 valence electrons. The first-order valence-electron chi connectivity index (χ1n) is 19.9. The van der Waals surface area contributed by atoms with Crippen molar-refractivity contribution in [3.8, 4) is 27.9 Å². The Kier molecular flexibility index (Phi) is 6.91. The Morgan fingerprint density at radius 3 is 1.66 bits per heavy atom. The van der Waals surface area contributed by atoms with Crippen molar-refractivity contribution < 1.29 is 0 Å².